The third-order valence-corrected chi connectivity index (χ3v) is 6.21. The second-order valence-corrected chi connectivity index (χ2v) is 8.55. The van der Waals surface area contributed by atoms with Crippen LogP contribution in [-0.2, 0) is 11.3 Å². The molecule has 0 aromatic carbocycles. The van der Waals surface area contributed by atoms with Crippen molar-refractivity contribution in [1.82, 2.24) is 19.2 Å². The minimum absolute atomic E-state index is 0.0321. The van der Waals surface area contributed by atoms with Gasteiger partial charge in [-0.15, -0.1) is 0 Å². The Bertz CT molecular complexity index is 743. The Kier molecular flexibility index (Phi) is 4.83. The summed E-state index contributed by atoms with van der Waals surface area (Å²) in [5, 5.41) is 0. The van der Waals surface area contributed by atoms with Crippen LogP contribution in [0.15, 0.2) is 29.0 Å². The molecular weight excluding hydrogens is 388 g/mol. The topological polar surface area (TPSA) is 40.9 Å². The molecule has 2 fully saturated rings. The Morgan fingerprint density at radius 1 is 1.25 bits per heavy atom. The van der Waals surface area contributed by atoms with Crippen molar-refractivity contribution in [2.75, 3.05) is 31.1 Å². The number of nitrogens with zero attached hydrogens (tertiary/aromatic N) is 4. The van der Waals surface area contributed by atoms with Gasteiger partial charge in [0, 0.05) is 48.0 Å². The SMILES string of the molecule is O=C(C1CCCN1Cc1cn2cc(Br)ccc2n1)N1CCSCC1. The van der Waals surface area contributed by atoms with E-state index in [0.29, 0.717) is 5.91 Å². The smallest absolute Gasteiger partial charge is 0.239 e. The first-order valence-corrected chi connectivity index (χ1v) is 10.4. The molecule has 2 aromatic heterocycles. The van der Waals surface area contributed by atoms with Gasteiger partial charge in [-0.2, -0.15) is 11.8 Å². The van der Waals surface area contributed by atoms with E-state index in [9.17, 15) is 4.79 Å². The van der Waals surface area contributed by atoms with Crippen molar-refractivity contribution in [1.29, 1.82) is 0 Å². The third-order valence-electron chi connectivity index (χ3n) is 4.80. The molecule has 24 heavy (non-hydrogen) atoms. The molecule has 0 N–H and O–H groups in total. The molecule has 7 heteroatoms. The Morgan fingerprint density at radius 3 is 2.92 bits per heavy atom. The Hall–Kier alpha value is -1.05. The van der Waals surface area contributed by atoms with Crippen LogP contribution in [0.1, 0.15) is 18.5 Å². The second kappa shape index (κ2) is 7.06. The average molecular weight is 409 g/mol. The van der Waals surface area contributed by atoms with Gasteiger partial charge in [0.25, 0.3) is 0 Å². The molecule has 0 bridgehead atoms. The quantitative estimate of drug-likeness (QED) is 0.782. The van der Waals surface area contributed by atoms with E-state index in [-0.39, 0.29) is 6.04 Å². The van der Waals surface area contributed by atoms with E-state index in [1.165, 1.54) is 0 Å². The number of amides is 1. The number of halogens is 1. The number of aromatic nitrogens is 2. The summed E-state index contributed by atoms with van der Waals surface area (Å²) in [6, 6.07) is 4.04. The van der Waals surface area contributed by atoms with Crippen LogP contribution in [0.2, 0.25) is 0 Å². The maximum atomic E-state index is 12.9. The highest BCUT2D eigenvalue weighted by molar-refractivity contribution is 9.10. The van der Waals surface area contributed by atoms with Crippen molar-refractivity contribution in [3.8, 4) is 0 Å². The van der Waals surface area contributed by atoms with Crippen LogP contribution in [0.5, 0.6) is 0 Å². The van der Waals surface area contributed by atoms with Gasteiger partial charge >= 0.3 is 0 Å². The molecule has 128 valence electrons. The predicted molar refractivity (Wildman–Crippen MR) is 100 cm³/mol. The Balaban J connectivity index is 1.48. The summed E-state index contributed by atoms with van der Waals surface area (Å²) in [6.45, 7) is 3.53. The molecule has 1 unspecified atom stereocenters. The maximum Gasteiger partial charge on any atom is 0.239 e. The van der Waals surface area contributed by atoms with E-state index in [1.807, 2.05) is 34.5 Å². The Morgan fingerprint density at radius 2 is 2.08 bits per heavy atom. The average Bonchev–Trinajstić information content (AvgIpc) is 3.21. The van der Waals surface area contributed by atoms with Gasteiger partial charge in [0.1, 0.15) is 5.65 Å². The number of fused-ring (bicyclic) bond motifs is 1. The van der Waals surface area contributed by atoms with E-state index in [0.717, 1.165) is 66.3 Å². The molecular formula is C17H21BrN4OS. The molecule has 2 aromatic rings. The van der Waals surface area contributed by atoms with Gasteiger partial charge in [-0.1, -0.05) is 0 Å². The summed E-state index contributed by atoms with van der Waals surface area (Å²) in [5.41, 5.74) is 1.98. The molecule has 2 aliphatic heterocycles. The van der Waals surface area contributed by atoms with Crippen LogP contribution < -0.4 is 0 Å². The molecule has 0 spiro atoms. The number of pyridine rings is 1. The first-order valence-electron chi connectivity index (χ1n) is 8.44. The van der Waals surface area contributed by atoms with Gasteiger partial charge in [0.15, 0.2) is 0 Å². The van der Waals surface area contributed by atoms with Crippen LogP contribution in [-0.4, -0.2) is 62.3 Å². The van der Waals surface area contributed by atoms with E-state index >= 15 is 0 Å². The van der Waals surface area contributed by atoms with Gasteiger partial charge in [-0.05, 0) is 47.4 Å². The highest BCUT2D eigenvalue weighted by Gasteiger charge is 2.34. The fourth-order valence-electron chi connectivity index (χ4n) is 3.59. The molecule has 1 amide bonds. The van der Waals surface area contributed by atoms with Crippen LogP contribution in [0.3, 0.4) is 0 Å². The number of likely N-dealkylation sites (tertiary alicyclic amines) is 1. The number of imidazole rings is 1. The molecule has 2 saturated heterocycles. The summed E-state index contributed by atoms with van der Waals surface area (Å²) in [7, 11) is 0. The predicted octanol–water partition coefficient (Wildman–Crippen LogP) is 2.64. The van der Waals surface area contributed by atoms with Crippen molar-refractivity contribution >= 4 is 39.2 Å². The molecule has 0 radical (unpaired) electrons. The molecule has 1 atom stereocenters. The minimum Gasteiger partial charge on any atom is -0.340 e. The lowest BCUT2D eigenvalue weighted by molar-refractivity contribution is -0.135. The van der Waals surface area contributed by atoms with Crippen molar-refractivity contribution in [2.24, 2.45) is 0 Å². The van der Waals surface area contributed by atoms with Crippen LogP contribution in [0, 0.1) is 0 Å². The van der Waals surface area contributed by atoms with Gasteiger partial charge in [-0.25, -0.2) is 4.98 Å². The summed E-state index contributed by atoms with van der Waals surface area (Å²) >= 11 is 5.43. The lowest BCUT2D eigenvalue weighted by Gasteiger charge is -2.32. The number of carbonyl (C=O) groups is 1. The third kappa shape index (κ3) is 3.34. The van der Waals surface area contributed by atoms with Crippen molar-refractivity contribution < 1.29 is 4.79 Å². The fraction of sp³-hybridized carbons (Fsp3) is 0.529. The molecule has 4 heterocycles. The summed E-state index contributed by atoms with van der Waals surface area (Å²) in [4.78, 5) is 21.9. The minimum atomic E-state index is 0.0321. The lowest BCUT2D eigenvalue weighted by atomic mass is 10.2. The van der Waals surface area contributed by atoms with Crippen LogP contribution in [0.4, 0.5) is 0 Å². The van der Waals surface area contributed by atoms with E-state index in [4.69, 9.17) is 4.98 Å². The van der Waals surface area contributed by atoms with E-state index in [1.54, 1.807) is 0 Å². The largest absolute Gasteiger partial charge is 0.340 e. The van der Waals surface area contributed by atoms with Gasteiger partial charge < -0.3 is 9.30 Å². The molecule has 2 aliphatic rings. The van der Waals surface area contributed by atoms with Crippen molar-refractivity contribution in [3.63, 3.8) is 0 Å². The molecule has 5 nitrogen and oxygen atoms in total. The van der Waals surface area contributed by atoms with Crippen molar-refractivity contribution in [3.05, 3.63) is 34.7 Å². The summed E-state index contributed by atoms with van der Waals surface area (Å²) in [5.74, 6) is 2.46. The zero-order chi connectivity index (χ0) is 16.5. The summed E-state index contributed by atoms with van der Waals surface area (Å²) in [6.07, 6.45) is 6.15. The zero-order valence-corrected chi connectivity index (χ0v) is 15.9. The zero-order valence-electron chi connectivity index (χ0n) is 13.5. The van der Waals surface area contributed by atoms with E-state index < -0.39 is 0 Å². The first kappa shape index (κ1) is 16.4. The number of hydrogen-bond donors (Lipinski definition) is 0. The monoisotopic (exact) mass is 408 g/mol. The van der Waals surface area contributed by atoms with Gasteiger partial charge in [0.2, 0.25) is 5.91 Å². The van der Waals surface area contributed by atoms with Gasteiger partial charge in [0.05, 0.1) is 11.7 Å². The summed E-state index contributed by atoms with van der Waals surface area (Å²) < 4.78 is 3.07. The fourth-order valence-corrected chi connectivity index (χ4v) is 4.85. The van der Waals surface area contributed by atoms with Crippen molar-refractivity contribution in [2.45, 2.75) is 25.4 Å². The Labute approximate surface area is 154 Å². The highest BCUT2D eigenvalue weighted by atomic mass is 79.9. The molecule has 0 aliphatic carbocycles. The number of carbonyl (C=O) groups excluding carboxylic acids is 1. The normalized spacial score (nSPS) is 22.4. The second-order valence-electron chi connectivity index (χ2n) is 6.41. The number of hydrogen-bond acceptors (Lipinski definition) is 4. The highest BCUT2D eigenvalue weighted by Crippen LogP contribution is 2.23. The van der Waals surface area contributed by atoms with Crippen LogP contribution >= 0.6 is 27.7 Å². The number of thioether (sulfide) groups is 1. The van der Waals surface area contributed by atoms with Gasteiger partial charge in [-0.3, -0.25) is 9.69 Å². The van der Waals surface area contributed by atoms with E-state index in [2.05, 4.69) is 31.9 Å². The maximum absolute atomic E-state index is 12.9. The lowest BCUT2D eigenvalue weighted by Crippen LogP contribution is -2.48. The van der Waals surface area contributed by atoms with Crippen LogP contribution in [0.25, 0.3) is 5.65 Å². The number of rotatable bonds is 3. The first-order chi connectivity index (χ1) is 11.7. The molecule has 4 rings (SSSR count). The molecule has 0 saturated carbocycles. The standard InChI is InChI=1S/C17H21BrN4OS/c18-13-3-4-16-19-14(12-22(16)10-13)11-21-5-1-2-15(21)17(23)20-6-8-24-9-7-20/h3-4,10,12,15H,1-2,5-9,11H2.